The van der Waals surface area contributed by atoms with Crippen molar-refractivity contribution in [2.24, 2.45) is 0 Å². The second-order valence-corrected chi connectivity index (χ2v) is 10.1. The predicted octanol–water partition coefficient (Wildman–Crippen LogP) is 3.61. The number of benzene rings is 1. The van der Waals surface area contributed by atoms with Crippen LogP contribution >= 0.6 is 0 Å². The molecule has 9 nitrogen and oxygen atoms in total. The van der Waals surface area contributed by atoms with Gasteiger partial charge in [0.05, 0.1) is 23.1 Å². The average Bonchev–Trinajstić information content (AvgIpc) is 3.46. The van der Waals surface area contributed by atoms with Crippen molar-refractivity contribution in [1.29, 1.82) is 0 Å². The SMILES string of the molecule is CC(=O)c1c([C@@H]2C[C@H]3CC[C@@H](C2)N3C(=O)CO)nc2c(-c3ccc(-c4cccc(F)c4)nc3)cnn2c1N. The average molecular weight is 515 g/mol. The van der Waals surface area contributed by atoms with Crippen molar-refractivity contribution in [3.05, 3.63) is 65.9 Å². The number of halogens is 1. The molecule has 0 aliphatic carbocycles. The molecular weight excluding hydrogens is 487 g/mol. The number of anilines is 1. The van der Waals surface area contributed by atoms with E-state index in [1.165, 1.54) is 23.6 Å². The van der Waals surface area contributed by atoms with Crippen LogP contribution in [0.2, 0.25) is 0 Å². The Kier molecular flexibility index (Phi) is 5.91. The van der Waals surface area contributed by atoms with Gasteiger partial charge in [0.15, 0.2) is 11.4 Å². The van der Waals surface area contributed by atoms with E-state index in [0.717, 1.165) is 18.4 Å². The molecule has 194 valence electrons. The molecular formula is C28H27FN6O3. The summed E-state index contributed by atoms with van der Waals surface area (Å²) in [5.74, 6) is -0.597. The molecule has 1 aromatic carbocycles. The maximum Gasteiger partial charge on any atom is 0.248 e. The van der Waals surface area contributed by atoms with Gasteiger partial charge in [0.2, 0.25) is 5.91 Å². The number of ketones is 1. The molecule has 38 heavy (non-hydrogen) atoms. The van der Waals surface area contributed by atoms with Gasteiger partial charge in [-0.1, -0.05) is 18.2 Å². The molecule has 10 heteroatoms. The number of aromatic nitrogens is 4. The highest BCUT2D eigenvalue weighted by Gasteiger charge is 2.44. The lowest BCUT2D eigenvalue weighted by molar-refractivity contribution is -0.138. The Morgan fingerprint density at radius 1 is 1.11 bits per heavy atom. The fourth-order valence-electron chi connectivity index (χ4n) is 6.15. The topological polar surface area (TPSA) is 127 Å². The molecule has 0 radical (unpaired) electrons. The quantitative estimate of drug-likeness (QED) is 0.390. The molecule has 2 aliphatic rings. The molecule has 2 fully saturated rings. The van der Waals surface area contributed by atoms with E-state index in [0.29, 0.717) is 46.6 Å². The highest BCUT2D eigenvalue weighted by atomic mass is 19.1. The predicted molar refractivity (Wildman–Crippen MR) is 139 cm³/mol. The van der Waals surface area contributed by atoms with Crippen molar-refractivity contribution in [2.45, 2.75) is 50.6 Å². The highest BCUT2D eigenvalue weighted by molar-refractivity contribution is 6.00. The van der Waals surface area contributed by atoms with Crippen LogP contribution < -0.4 is 5.73 Å². The molecule has 4 aromatic rings. The number of rotatable bonds is 5. The lowest BCUT2D eigenvalue weighted by atomic mass is 9.85. The fourth-order valence-corrected chi connectivity index (χ4v) is 6.15. The number of nitrogens with two attached hydrogens (primary N) is 1. The van der Waals surface area contributed by atoms with E-state index in [2.05, 4.69) is 10.1 Å². The number of aliphatic hydroxyl groups excluding tert-OH is 1. The molecule has 3 aromatic heterocycles. The number of nitrogen functional groups attached to an aromatic ring is 1. The van der Waals surface area contributed by atoms with Crippen LogP contribution in [0.3, 0.4) is 0 Å². The van der Waals surface area contributed by atoms with Crippen molar-refractivity contribution in [2.75, 3.05) is 12.3 Å². The minimum Gasteiger partial charge on any atom is -0.387 e. The molecule has 5 heterocycles. The van der Waals surface area contributed by atoms with Crippen LogP contribution in [0, 0.1) is 5.82 Å². The number of piperidine rings is 1. The number of amides is 1. The normalized spacial score (nSPS) is 20.7. The molecule has 0 spiro atoms. The standard InChI is InChI=1S/C28H27FN6O3/c1-15(37)25-26(18-10-20-6-7-21(11-18)34(20)24(38)14-36)33-28-22(13-32-35(28)27(25)30)17-5-8-23(31-12-17)16-3-2-4-19(29)9-16/h2-5,8-9,12-13,18,20-21,36H,6-7,10-11,14,30H2,1H3/t18-,20-,21+. The summed E-state index contributed by atoms with van der Waals surface area (Å²) in [6.07, 6.45) is 6.37. The van der Waals surface area contributed by atoms with E-state index in [1.807, 2.05) is 17.0 Å². The van der Waals surface area contributed by atoms with E-state index in [9.17, 15) is 19.1 Å². The summed E-state index contributed by atoms with van der Waals surface area (Å²) >= 11 is 0. The Balaban J connectivity index is 1.40. The Morgan fingerprint density at radius 3 is 2.50 bits per heavy atom. The smallest absolute Gasteiger partial charge is 0.248 e. The van der Waals surface area contributed by atoms with Gasteiger partial charge in [-0.3, -0.25) is 14.6 Å². The zero-order valence-corrected chi connectivity index (χ0v) is 20.8. The zero-order valence-electron chi connectivity index (χ0n) is 20.8. The number of carbonyl (C=O) groups is 2. The van der Waals surface area contributed by atoms with Crippen LogP contribution in [0.25, 0.3) is 28.0 Å². The minimum absolute atomic E-state index is 0.00130. The molecule has 2 bridgehead atoms. The van der Waals surface area contributed by atoms with Crippen molar-refractivity contribution < 1.29 is 19.1 Å². The Bertz CT molecular complexity index is 1550. The molecule has 3 N–H and O–H groups in total. The van der Waals surface area contributed by atoms with Gasteiger partial charge < -0.3 is 15.7 Å². The van der Waals surface area contributed by atoms with E-state index < -0.39 is 6.61 Å². The highest BCUT2D eigenvalue weighted by Crippen LogP contribution is 2.44. The first-order valence-electron chi connectivity index (χ1n) is 12.7. The van der Waals surface area contributed by atoms with Crippen LogP contribution in [0.1, 0.15) is 54.6 Å². The third kappa shape index (κ3) is 3.92. The summed E-state index contributed by atoms with van der Waals surface area (Å²) in [6, 6.07) is 9.95. The zero-order chi connectivity index (χ0) is 26.6. The number of hydrogen-bond acceptors (Lipinski definition) is 7. The van der Waals surface area contributed by atoms with Crippen LogP contribution in [-0.2, 0) is 4.79 Å². The fraction of sp³-hybridized carbons (Fsp3) is 0.321. The first-order chi connectivity index (χ1) is 18.4. The lowest BCUT2D eigenvalue weighted by Gasteiger charge is -2.39. The minimum atomic E-state index is -0.501. The van der Waals surface area contributed by atoms with Crippen molar-refractivity contribution in [3.8, 4) is 22.4 Å². The summed E-state index contributed by atoms with van der Waals surface area (Å²) < 4.78 is 15.1. The monoisotopic (exact) mass is 514 g/mol. The molecule has 6 rings (SSSR count). The second-order valence-electron chi connectivity index (χ2n) is 10.1. The molecule has 1 amide bonds. The van der Waals surface area contributed by atoms with Gasteiger partial charge >= 0.3 is 0 Å². The Hall–Kier alpha value is -4.18. The summed E-state index contributed by atoms with van der Waals surface area (Å²) in [6.45, 7) is 0.972. The van der Waals surface area contributed by atoms with E-state index in [4.69, 9.17) is 10.7 Å². The van der Waals surface area contributed by atoms with E-state index >= 15 is 0 Å². The number of hydrogen-bond donors (Lipinski definition) is 2. The molecule has 2 saturated heterocycles. The van der Waals surface area contributed by atoms with Crippen LogP contribution in [0.4, 0.5) is 10.2 Å². The van der Waals surface area contributed by atoms with E-state index in [-0.39, 0.29) is 41.3 Å². The van der Waals surface area contributed by atoms with Gasteiger partial charge in [0, 0.05) is 40.9 Å². The summed E-state index contributed by atoms with van der Waals surface area (Å²) in [5, 5.41) is 13.8. The van der Waals surface area contributed by atoms with Crippen LogP contribution in [0.15, 0.2) is 48.8 Å². The van der Waals surface area contributed by atoms with Gasteiger partial charge in [-0.05, 0) is 50.8 Å². The lowest BCUT2D eigenvalue weighted by Crippen LogP contribution is -2.47. The largest absolute Gasteiger partial charge is 0.387 e. The van der Waals surface area contributed by atoms with Gasteiger partial charge in [-0.25, -0.2) is 9.37 Å². The number of nitrogens with zero attached hydrogens (tertiary/aromatic N) is 5. The summed E-state index contributed by atoms with van der Waals surface area (Å²) in [4.78, 5) is 36.4. The van der Waals surface area contributed by atoms with Gasteiger partial charge in [0.25, 0.3) is 0 Å². The van der Waals surface area contributed by atoms with E-state index in [1.54, 1.807) is 24.5 Å². The van der Waals surface area contributed by atoms with Crippen molar-refractivity contribution in [1.82, 2.24) is 24.5 Å². The Morgan fingerprint density at radius 2 is 1.87 bits per heavy atom. The molecule has 2 aliphatic heterocycles. The third-order valence-corrected chi connectivity index (χ3v) is 7.80. The van der Waals surface area contributed by atoms with Crippen LogP contribution in [-0.4, -0.2) is 60.0 Å². The maximum absolute atomic E-state index is 13.7. The first kappa shape index (κ1) is 24.2. The number of fused-ring (bicyclic) bond motifs is 3. The third-order valence-electron chi connectivity index (χ3n) is 7.80. The number of aliphatic hydroxyl groups is 1. The van der Waals surface area contributed by atoms with Gasteiger partial charge in [0.1, 0.15) is 18.2 Å². The van der Waals surface area contributed by atoms with Crippen molar-refractivity contribution >= 4 is 23.2 Å². The van der Waals surface area contributed by atoms with Gasteiger partial charge in [-0.2, -0.15) is 9.61 Å². The number of carbonyl (C=O) groups excluding carboxylic acids is 2. The maximum atomic E-state index is 13.7. The number of pyridine rings is 1. The Labute approximate surface area is 218 Å². The van der Waals surface area contributed by atoms with Gasteiger partial charge in [-0.15, -0.1) is 0 Å². The molecule has 3 atom stereocenters. The summed E-state index contributed by atoms with van der Waals surface area (Å²) in [5.41, 5.74) is 10.8. The van der Waals surface area contributed by atoms with Crippen LogP contribution in [0.5, 0.6) is 0 Å². The first-order valence-corrected chi connectivity index (χ1v) is 12.7. The number of Topliss-reactive ketones (excluding diaryl/α,β-unsaturated/α-hetero) is 1. The molecule has 0 saturated carbocycles. The molecule has 0 unspecified atom stereocenters. The van der Waals surface area contributed by atoms with Crippen molar-refractivity contribution in [3.63, 3.8) is 0 Å². The second kappa shape index (κ2) is 9.29. The summed E-state index contributed by atoms with van der Waals surface area (Å²) in [7, 11) is 0.